The summed E-state index contributed by atoms with van der Waals surface area (Å²) in [6.45, 7) is 0.419. The lowest BCUT2D eigenvalue weighted by Crippen LogP contribution is -1.97. The lowest BCUT2D eigenvalue weighted by atomic mass is 10.3. The molecule has 1 heterocycles. The molecule has 2 N–H and O–H groups in total. The van der Waals surface area contributed by atoms with Crippen LogP contribution in [0.2, 0.25) is 0 Å². The van der Waals surface area contributed by atoms with E-state index in [1.165, 1.54) is 12.1 Å². The Morgan fingerprint density at radius 3 is 2.88 bits per heavy atom. The van der Waals surface area contributed by atoms with Gasteiger partial charge in [-0.3, -0.25) is 0 Å². The van der Waals surface area contributed by atoms with Gasteiger partial charge in [0, 0.05) is 24.9 Å². The van der Waals surface area contributed by atoms with Crippen LogP contribution in [0.3, 0.4) is 0 Å². The van der Waals surface area contributed by atoms with Crippen molar-refractivity contribution in [2.75, 3.05) is 0 Å². The minimum absolute atomic E-state index is 0.340. The molecule has 0 unspecified atom stereocenters. The summed E-state index contributed by atoms with van der Waals surface area (Å²) < 4.78 is 18.3. The summed E-state index contributed by atoms with van der Waals surface area (Å²) >= 11 is 0. The Balaban J connectivity index is 2.20. The van der Waals surface area contributed by atoms with Crippen LogP contribution in [-0.2, 0) is 6.54 Å². The largest absolute Gasteiger partial charge is 0.439 e. The number of ether oxygens (including phenoxy) is 1. The molecule has 1 aromatic carbocycles. The van der Waals surface area contributed by atoms with E-state index in [1.807, 2.05) is 0 Å². The molecule has 82 valence electrons. The average molecular weight is 218 g/mol. The Bertz CT molecular complexity index is 488. The lowest BCUT2D eigenvalue weighted by molar-refractivity contribution is 0.457. The van der Waals surface area contributed by atoms with Crippen LogP contribution in [0.4, 0.5) is 4.39 Å². The number of pyridine rings is 1. The molecule has 0 aliphatic carbocycles. The highest BCUT2D eigenvalue weighted by Crippen LogP contribution is 2.20. The summed E-state index contributed by atoms with van der Waals surface area (Å²) in [7, 11) is 0. The van der Waals surface area contributed by atoms with Crippen LogP contribution in [0, 0.1) is 5.82 Å². The lowest BCUT2D eigenvalue weighted by Gasteiger charge is -2.05. The maximum absolute atomic E-state index is 12.9. The molecule has 0 bridgehead atoms. The van der Waals surface area contributed by atoms with Gasteiger partial charge in [0.25, 0.3) is 0 Å². The average Bonchev–Trinajstić information content (AvgIpc) is 2.29. The third-order valence-electron chi connectivity index (χ3n) is 2.05. The number of hydrogen-bond acceptors (Lipinski definition) is 3. The highest BCUT2D eigenvalue weighted by Gasteiger charge is 2.00. The second-order valence-corrected chi connectivity index (χ2v) is 3.27. The summed E-state index contributed by atoms with van der Waals surface area (Å²) in [6, 6.07) is 9.44. The number of aromatic nitrogens is 1. The first-order valence-electron chi connectivity index (χ1n) is 4.86. The molecule has 3 nitrogen and oxygen atoms in total. The van der Waals surface area contributed by atoms with Gasteiger partial charge < -0.3 is 10.5 Å². The fraction of sp³-hybridized carbons (Fsp3) is 0.0833. The van der Waals surface area contributed by atoms with Crippen LogP contribution in [0.5, 0.6) is 11.6 Å². The number of rotatable bonds is 3. The summed E-state index contributed by atoms with van der Waals surface area (Å²) in [5, 5.41) is 0. The summed E-state index contributed by atoms with van der Waals surface area (Å²) in [4.78, 5) is 4.01. The van der Waals surface area contributed by atoms with E-state index in [-0.39, 0.29) is 5.82 Å². The van der Waals surface area contributed by atoms with Gasteiger partial charge in [-0.2, -0.15) is 0 Å². The van der Waals surface area contributed by atoms with E-state index in [4.69, 9.17) is 10.5 Å². The third-order valence-corrected chi connectivity index (χ3v) is 2.05. The molecule has 0 amide bonds. The SMILES string of the molecule is NCc1ccnc(Oc2cccc(F)c2)c1. The second-order valence-electron chi connectivity index (χ2n) is 3.27. The van der Waals surface area contributed by atoms with Gasteiger partial charge >= 0.3 is 0 Å². The van der Waals surface area contributed by atoms with Gasteiger partial charge in [-0.05, 0) is 23.8 Å². The van der Waals surface area contributed by atoms with Crippen LogP contribution in [0.1, 0.15) is 5.56 Å². The summed E-state index contributed by atoms with van der Waals surface area (Å²) in [6.07, 6.45) is 1.61. The molecule has 0 fully saturated rings. The minimum atomic E-state index is -0.340. The third kappa shape index (κ3) is 2.55. The fourth-order valence-corrected chi connectivity index (χ4v) is 1.28. The van der Waals surface area contributed by atoms with Crippen LogP contribution >= 0.6 is 0 Å². The van der Waals surface area contributed by atoms with Gasteiger partial charge in [0.1, 0.15) is 11.6 Å². The van der Waals surface area contributed by atoms with Gasteiger partial charge in [-0.25, -0.2) is 9.37 Å². The van der Waals surface area contributed by atoms with E-state index in [1.54, 1.807) is 30.5 Å². The Kier molecular flexibility index (Phi) is 3.12. The molecule has 16 heavy (non-hydrogen) atoms. The zero-order valence-corrected chi connectivity index (χ0v) is 8.56. The standard InChI is InChI=1S/C12H11FN2O/c13-10-2-1-3-11(7-10)16-12-6-9(8-14)4-5-15-12/h1-7H,8,14H2. The van der Waals surface area contributed by atoms with E-state index < -0.39 is 0 Å². The Morgan fingerprint density at radius 2 is 2.12 bits per heavy atom. The van der Waals surface area contributed by atoms with Gasteiger partial charge in [0.2, 0.25) is 5.88 Å². The highest BCUT2D eigenvalue weighted by atomic mass is 19.1. The topological polar surface area (TPSA) is 48.1 Å². The van der Waals surface area contributed by atoms with Crippen LogP contribution < -0.4 is 10.5 Å². The van der Waals surface area contributed by atoms with E-state index in [0.717, 1.165) is 5.56 Å². The molecule has 2 rings (SSSR count). The molecular formula is C12H11FN2O. The normalized spacial score (nSPS) is 10.1. The number of nitrogens with two attached hydrogens (primary N) is 1. The maximum Gasteiger partial charge on any atom is 0.219 e. The number of nitrogens with zero attached hydrogens (tertiary/aromatic N) is 1. The van der Waals surface area contributed by atoms with Crippen molar-refractivity contribution >= 4 is 0 Å². The van der Waals surface area contributed by atoms with E-state index in [2.05, 4.69) is 4.98 Å². The Morgan fingerprint density at radius 1 is 1.25 bits per heavy atom. The smallest absolute Gasteiger partial charge is 0.219 e. The molecule has 0 saturated carbocycles. The minimum Gasteiger partial charge on any atom is -0.439 e. The van der Waals surface area contributed by atoms with Gasteiger partial charge in [-0.1, -0.05) is 6.07 Å². The van der Waals surface area contributed by atoms with E-state index in [0.29, 0.717) is 18.2 Å². The number of benzene rings is 1. The predicted molar refractivity (Wildman–Crippen MR) is 58.6 cm³/mol. The van der Waals surface area contributed by atoms with Crippen molar-refractivity contribution in [3.63, 3.8) is 0 Å². The molecular weight excluding hydrogens is 207 g/mol. The quantitative estimate of drug-likeness (QED) is 0.860. The molecule has 0 spiro atoms. The second kappa shape index (κ2) is 4.72. The molecule has 0 saturated heterocycles. The van der Waals surface area contributed by atoms with Crippen molar-refractivity contribution in [3.05, 3.63) is 54.0 Å². The Labute approximate surface area is 92.7 Å². The van der Waals surface area contributed by atoms with Gasteiger partial charge in [0.05, 0.1) is 0 Å². The maximum atomic E-state index is 12.9. The highest BCUT2D eigenvalue weighted by molar-refractivity contribution is 5.29. The zero-order valence-electron chi connectivity index (χ0n) is 8.56. The monoisotopic (exact) mass is 218 g/mol. The Hall–Kier alpha value is -1.94. The van der Waals surface area contributed by atoms with E-state index in [9.17, 15) is 4.39 Å². The molecule has 0 aliphatic rings. The van der Waals surface area contributed by atoms with Gasteiger partial charge in [-0.15, -0.1) is 0 Å². The van der Waals surface area contributed by atoms with Crippen molar-refractivity contribution in [2.24, 2.45) is 5.73 Å². The molecule has 1 aromatic heterocycles. The van der Waals surface area contributed by atoms with Crippen molar-refractivity contribution in [1.82, 2.24) is 4.98 Å². The van der Waals surface area contributed by atoms with Gasteiger partial charge in [0.15, 0.2) is 0 Å². The van der Waals surface area contributed by atoms with E-state index >= 15 is 0 Å². The molecule has 0 radical (unpaired) electrons. The van der Waals surface area contributed by atoms with Crippen molar-refractivity contribution in [1.29, 1.82) is 0 Å². The van der Waals surface area contributed by atoms with Crippen LogP contribution in [-0.4, -0.2) is 4.98 Å². The predicted octanol–water partition coefficient (Wildman–Crippen LogP) is 2.47. The summed E-state index contributed by atoms with van der Waals surface area (Å²) in [5.41, 5.74) is 6.41. The van der Waals surface area contributed by atoms with Crippen LogP contribution in [0.25, 0.3) is 0 Å². The first kappa shape index (κ1) is 10.6. The molecule has 4 heteroatoms. The van der Waals surface area contributed by atoms with Crippen molar-refractivity contribution in [2.45, 2.75) is 6.54 Å². The van der Waals surface area contributed by atoms with Crippen molar-refractivity contribution in [3.8, 4) is 11.6 Å². The molecule has 0 atom stereocenters. The number of halogens is 1. The summed E-state index contributed by atoms with van der Waals surface area (Å²) in [5.74, 6) is 0.489. The van der Waals surface area contributed by atoms with Crippen LogP contribution in [0.15, 0.2) is 42.6 Å². The fourth-order valence-electron chi connectivity index (χ4n) is 1.28. The first-order chi connectivity index (χ1) is 7.78. The molecule has 0 aliphatic heterocycles. The van der Waals surface area contributed by atoms with Crippen molar-refractivity contribution < 1.29 is 9.13 Å². The molecule has 2 aromatic rings. The first-order valence-corrected chi connectivity index (χ1v) is 4.86. The zero-order chi connectivity index (χ0) is 11.4. The number of hydrogen-bond donors (Lipinski definition) is 1.